The summed E-state index contributed by atoms with van der Waals surface area (Å²) in [4.78, 5) is 122. The Morgan fingerprint density at radius 2 is 0.966 bits per heavy atom. The Labute approximate surface area is 528 Å². The van der Waals surface area contributed by atoms with Crippen LogP contribution in [0.15, 0.2) is 0 Å². The van der Waals surface area contributed by atoms with Crippen LogP contribution in [0.1, 0.15) is 251 Å². The number of hydrogen-bond donors (Lipinski definition) is 9. The Morgan fingerprint density at radius 1 is 0.506 bits per heavy atom. The van der Waals surface area contributed by atoms with Gasteiger partial charge in [-0.05, 0) is 71.6 Å². The molecule has 89 heavy (non-hydrogen) atoms. The first-order chi connectivity index (χ1) is 42.5. The topological polar surface area (TPSA) is 418 Å². The Kier molecular flexibility index (Phi) is 46.4. The van der Waals surface area contributed by atoms with Crippen LogP contribution in [0.4, 0.5) is 0 Å². The third-order valence-electron chi connectivity index (χ3n) is 15.4. The first-order valence-electron chi connectivity index (χ1n) is 32.8. The molecule has 0 saturated heterocycles. The number of hydrogen-bond acceptors (Lipinski definition) is 18. The monoisotopic (exact) mass is 1280 g/mol. The number of carboxylic acids is 2. The van der Waals surface area contributed by atoms with Crippen molar-refractivity contribution in [3.63, 3.8) is 0 Å². The zero-order valence-electron chi connectivity index (χ0n) is 53.6. The van der Waals surface area contributed by atoms with Crippen molar-refractivity contribution in [2.75, 3.05) is 51.8 Å². The lowest BCUT2D eigenvalue weighted by atomic mass is 9.88. The highest BCUT2D eigenvalue weighted by Crippen LogP contribution is 2.21. The zero-order chi connectivity index (χ0) is 66.0. The third-order valence-corrected chi connectivity index (χ3v) is 16.8. The van der Waals surface area contributed by atoms with E-state index in [0.717, 1.165) is 89.3 Å². The molecule has 0 saturated carbocycles. The van der Waals surface area contributed by atoms with Crippen LogP contribution in [-0.4, -0.2) is 155 Å². The van der Waals surface area contributed by atoms with Crippen LogP contribution in [0.3, 0.4) is 0 Å². The highest BCUT2D eigenvalue weighted by atomic mass is 32.2. The van der Waals surface area contributed by atoms with Crippen LogP contribution in [0.25, 0.3) is 0 Å². The fraction of sp³-hybridized carbons (Fsp3) is 0.823. The molecule has 0 bridgehead atoms. The number of nitrogens with one attached hydrogen (secondary N) is 5. The predicted octanol–water partition coefficient (Wildman–Crippen LogP) is 6.56. The molecule has 510 valence electrons. The van der Waals surface area contributed by atoms with Gasteiger partial charge < -0.3 is 47.1 Å². The maximum absolute atomic E-state index is 12.7. The molecule has 3 atom stereocenters. The molecular formula is C62H110N10O16S. The average Bonchev–Trinajstić information content (AvgIpc) is 4.05. The summed E-state index contributed by atoms with van der Waals surface area (Å²) in [6.45, 7) is 4.27. The van der Waals surface area contributed by atoms with Gasteiger partial charge in [-0.25, -0.2) is 8.42 Å². The van der Waals surface area contributed by atoms with E-state index in [0.29, 0.717) is 45.2 Å². The molecule has 5 amide bonds. The smallest absolute Gasteiger partial charge is 0.306 e. The molecule has 0 aromatic carbocycles. The molecule has 1 aromatic rings. The first kappa shape index (κ1) is 81.2. The number of sulfonamides is 1. The highest BCUT2D eigenvalue weighted by Gasteiger charge is 2.28. The zero-order valence-corrected chi connectivity index (χ0v) is 54.4. The highest BCUT2D eigenvalue weighted by molar-refractivity contribution is 7.90. The largest absolute Gasteiger partial charge is 0.481 e. The summed E-state index contributed by atoms with van der Waals surface area (Å²) >= 11 is 0. The number of rotatable bonds is 62. The number of carboxylic acid groups (broad SMARTS) is 2. The number of carbonyl (C=O) groups excluding carboxylic acids is 8. The summed E-state index contributed by atoms with van der Waals surface area (Å²) in [5.41, 5.74) is 10.2. The second kappa shape index (κ2) is 50.9. The fourth-order valence-electron chi connectivity index (χ4n) is 9.88. The van der Waals surface area contributed by atoms with E-state index >= 15 is 0 Å². The normalized spacial score (nSPS) is 12.6. The van der Waals surface area contributed by atoms with E-state index in [1.54, 1.807) is 13.8 Å². The number of nitrogens with two attached hydrogens (primary N) is 2. The van der Waals surface area contributed by atoms with Crippen LogP contribution in [0.5, 0.6) is 0 Å². The van der Waals surface area contributed by atoms with Gasteiger partial charge >= 0.3 is 11.9 Å². The molecule has 1 aromatic heterocycles. The Bertz CT molecular complexity index is 2300. The van der Waals surface area contributed by atoms with Gasteiger partial charge in [-0.2, -0.15) is 5.21 Å². The molecule has 11 N–H and O–H groups in total. The molecule has 1 heterocycles. The maximum atomic E-state index is 12.7. The molecule has 0 radical (unpaired) electrons. The van der Waals surface area contributed by atoms with Crippen molar-refractivity contribution in [3.8, 4) is 0 Å². The summed E-state index contributed by atoms with van der Waals surface area (Å²) in [6, 6.07) is 0. The van der Waals surface area contributed by atoms with E-state index in [1.807, 2.05) is 0 Å². The Hall–Kier alpha value is -5.80. The number of aryl methyl sites for hydroxylation is 1. The number of primary amides is 1. The second-order valence-corrected chi connectivity index (χ2v) is 25.9. The van der Waals surface area contributed by atoms with Crippen molar-refractivity contribution < 1.29 is 76.0 Å². The summed E-state index contributed by atoms with van der Waals surface area (Å²) in [7, 11) is -3.80. The van der Waals surface area contributed by atoms with Gasteiger partial charge in [0.05, 0.1) is 42.9 Å². The van der Waals surface area contributed by atoms with Crippen LogP contribution >= 0.6 is 0 Å². The molecule has 26 nitrogen and oxygen atoms in total. The van der Waals surface area contributed by atoms with Crippen LogP contribution in [-0.2, 0) is 73.9 Å². The third kappa shape index (κ3) is 47.8. The summed E-state index contributed by atoms with van der Waals surface area (Å²) in [5.74, 6) is -7.84. The molecule has 1 rings (SSSR count). The molecule has 0 aliphatic carbocycles. The average molecular weight is 1280 g/mol. The lowest BCUT2D eigenvalue weighted by molar-refractivity contribution is -0.145. The first-order valence-corrected chi connectivity index (χ1v) is 34.5. The number of aliphatic carboxylic acids is 2. The SMILES string of the molecule is CC(C)(N)C(=O)C[C@@H](CCCCNC(=O)COCCOCCNC(=O)CCC(CC(=O)CCC(CC(=O)CCCCCCCCCCCNC(=O)CCCS(=O)(=O)NC(=O)CCCCCCCCCCCCCCCc1nn[nH]n1)C(=O)O)C(=O)O)C(N)=O. The fourth-order valence-corrected chi connectivity index (χ4v) is 11.0. The number of amides is 5. The molecular weight excluding hydrogens is 1170 g/mol. The quantitative estimate of drug-likeness (QED) is 0.0312. The molecule has 0 aliphatic heterocycles. The number of aromatic nitrogens is 4. The van der Waals surface area contributed by atoms with E-state index in [-0.39, 0.29) is 133 Å². The number of ketones is 3. The Balaban J connectivity index is 2.03. The van der Waals surface area contributed by atoms with Gasteiger partial charge in [0, 0.05) is 83.3 Å². The van der Waals surface area contributed by atoms with Crippen molar-refractivity contribution in [1.29, 1.82) is 0 Å². The molecule has 0 aliphatic rings. The number of unbranched alkanes of at least 4 members (excludes halogenated alkanes) is 21. The van der Waals surface area contributed by atoms with Crippen LogP contribution in [0, 0.1) is 17.8 Å². The van der Waals surface area contributed by atoms with Crippen molar-refractivity contribution in [1.82, 2.24) is 41.3 Å². The van der Waals surface area contributed by atoms with Gasteiger partial charge in [0.15, 0.2) is 11.6 Å². The van der Waals surface area contributed by atoms with Crippen molar-refractivity contribution in [3.05, 3.63) is 5.82 Å². The lowest BCUT2D eigenvalue weighted by Crippen LogP contribution is -2.43. The molecule has 0 spiro atoms. The molecule has 0 fully saturated rings. The van der Waals surface area contributed by atoms with E-state index < -0.39 is 68.8 Å². The summed E-state index contributed by atoms with van der Waals surface area (Å²) < 4.78 is 37.6. The molecule has 27 heteroatoms. The Morgan fingerprint density at radius 3 is 1.51 bits per heavy atom. The lowest BCUT2D eigenvalue weighted by Gasteiger charge is -2.20. The van der Waals surface area contributed by atoms with Gasteiger partial charge in [0.25, 0.3) is 0 Å². The van der Waals surface area contributed by atoms with Crippen LogP contribution in [0.2, 0.25) is 0 Å². The minimum absolute atomic E-state index is 0.0307. The number of H-pyrrole nitrogens is 1. The maximum Gasteiger partial charge on any atom is 0.306 e. The number of tetrazole rings is 1. The van der Waals surface area contributed by atoms with Crippen molar-refractivity contribution in [2.24, 2.45) is 29.2 Å². The van der Waals surface area contributed by atoms with Gasteiger partial charge in [0.2, 0.25) is 39.6 Å². The minimum atomic E-state index is -3.80. The van der Waals surface area contributed by atoms with Gasteiger partial charge in [-0.15, -0.1) is 10.2 Å². The van der Waals surface area contributed by atoms with Gasteiger partial charge in [-0.3, -0.25) is 52.7 Å². The minimum Gasteiger partial charge on any atom is -0.481 e. The summed E-state index contributed by atoms with van der Waals surface area (Å²) in [6.07, 6.45) is 24.4. The van der Waals surface area contributed by atoms with E-state index in [9.17, 15) is 66.6 Å². The van der Waals surface area contributed by atoms with E-state index in [4.69, 9.17) is 20.9 Å². The second-order valence-electron chi connectivity index (χ2n) is 24.1. The van der Waals surface area contributed by atoms with E-state index in [2.05, 4.69) is 41.3 Å². The number of Topliss-reactive ketones (excluding diaryl/α,β-unsaturated/α-hetero) is 3. The van der Waals surface area contributed by atoms with Gasteiger partial charge in [0.1, 0.15) is 18.2 Å². The van der Waals surface area contributed by atoms with Crippen LogP contribution < -0.4 is 32.1 Å². The van der Waals surface area contributed by atoms with Gasteiger partial charge in [-0.1, -0.05) is 127 Å². The number of nitrogens with zero attached hydrogens (tertiary/aromatic N) is 3. The summed E-state index contributed by atoms with van der Waals surface area (Å²) in [5, 5.41) is 41.6. The standard InChI is InChI=1S/C62H110N10O16S/c1-62(2,64)53(75)46-48(59(63)80)28-24-26-38-66-58(79)47-88-42-41-87-40-39-67-56(77)36-34-50(61(83)84)45-52(74)35-33-49(60(81)82)44-51(73)29-21-17-13-9-8-12-16-20-25-37-65-55(76)32-27-43-89(85,86)70-57(78)31-23-19-15-11-7-5-3-4-6-10-14-18-22-30-54-68-71-72-69-54/h48-50H,3-47,64H2,1-2H3,(H2,63,80)(H,65,76)(H,66,79)(H,67,77)(H,70,78)(H,81,82)(H,83,84)(H,68,69,71,72)/t48-,49?,50?/m1/s1. The number of carbonyl (C=O) groups is 10. The van der Waals surface area contributed by atoms with E-state index in [1.165, 1.54) is 51.4 Å². The predicted molar refractivity (Wildman–Crippen MR) is 335 cm³/mol. The molecule has 2 unspecified atom stereocenters. The number of aromatic amines is 1. The number of ether oxygens (including phenoxy) is 2. The van der Waals surface area contributed by atoms with Crippen molar-refractivity contribution >= 4 is 68.8 Å². The van der Waals surface area contributed by atoms with Crippen molar-refractivity contribution in [2.45, 2.75) is 257 Å².